The third-order valence-corrected chi connectivity index (χ3v) is 3.38. The number of hydrogen-bond acceptors (Lipinski definition) is 2. The van der Waals surface area contributed by atoms with E-state index >= 15 is 0 Å². The molecule has 0 bridgehead atoms. The summed E-state index contributed by atoms with van der Waals surface area (Å²) in [6.45, 7) is 0. The fourth-order valence-corrected chi connectivity index (χ4v) is 2.54. The SMILES string of the molecule is CNC1CCC(Cc2cccc(O)c2)C1. The van der Waals surface area contributed by atoms with Crippen molar-refractivity contribution in [2.24, 2.45) is 5.92 Å². The maximum absolute atomic E-state index is 9.37. The Kier molecular flexibility index (Phi) is 3.27. The van der Waals surface area contributed by atoms with E-state index in [0.717, 1.165) is 12.3 Å². The van der Waals surface area contributed by atoms with Gasteiger partial charge in [-0.05, 0) is 56.3 Å². The zero-order valence-electron chi connectivity index (χ0n) is 9.24. The van der Waals surface area contributed by atoms with Crippen LogP contribution in [0.25, 0.3) is 0 Å². The fourth-order valence-electron chi connectivity index (χ4n) is 2.54. The lowest BCUT2D eigenvalue weighted by Crippen LogP contribution is -2.21. The summed E-state index contributed by atoms with van der Waals surface area (Å²) in [5.74, 6) is 1.17. The van der Waals surface area contributed by atoms with Gasteiger partial charge in [-0.15, -0.1) is 0 Å². The molecule has 2 atom stereocenters. The number of phenols is 1. The Morgan fingerprint density at radius 3 is 2.93 bits per heavy atom. The van der Waals surface area contributed by atoms with Crippen molar-refractivity contribution >= 4 is 0 Å². The summed E-state index contributed by atoms with van der Waals surface area (Å²) in [4.78, 5) is 0. The van der Waals surface area contributed by atoms with E-state index in [2.05, 4.69) is 11.4 Å². The van der Waals surface area contributed by atoms with Crippen LogP contribution in [0.2, 0.25) is 0 Å². The average molecular weight is 205 g/mol. The van der Waals surface area contributed by atoms with Crippen LogP contribution in [-0.2, 0) is 6.42 Å². The first-order valence-corrected chi connectivity index (χ1v) is 5.73. The minimum Gasteiger partial charge on any atom is -0.508 e. The van der Waals surface area contributed by atoms with E-state index in [1.54, 1.807) is 6.07 Å². The van der Waals surface area contributed by atoms with Gasteiger partial charge in [0.05, 0.1) is 0 Å². The highest BCUT2D eigenvalue weighted by Gasteiger charge is 2.23. The Hall–Kier alpha value is -1.02. The van der Waals surface area contributed by atoms with E-state index in [0.29, 0.717) is 11.8 Å². The summed E-state index contributed by atoms with van der Waals surface area (Å²) in [5.41, 5.74) is 1.26. The molecule has 1 aromatic rings. The van der Waals surface area contributed by atoms with E-state index in [4.69, 9.17) is 0 Å². The predicted molar refractivity (Wildman–Crippen MR) is 62.0 cm³/mol. The molecule has 2 nitrogen and oxygen atoms in total. The number of benzene rings is 1. The summed E-state index contributed by atoms with van der Waals surface area (Å²) in [7, 11) is 2.04. The van der Waals surface area contributed by atoms with E-state index in [1.165, 1.54) is 24.8 Å². The van der Waals surface area contributed by atoms with Gasteiger partial charge in [-0.2, -0.15) is 0 Å². The van der Waals surface area contributed by atoms with Crippen molar-refractivity contribution in [2.75, 3.05) is 7.05 Å². The van der Waals surface area contributed by atoms with Crippen LogP contribution in [0.4, 0.5) is 0 Å². The van der Waals surface area contributed by atoms with Gasteiger partial charge in [0, 0.05) is 6.04 Å². The molecule has 0 spiro atoms. The molecule has 0 amide bonds. The van der Waals surface area contributed by atoms with Gasteiger partial charge >= 0.3 is 0 Å². The van der Waals surface area contributed by atoms with Crippen molar-refractivity contribution < 1.29 is 5.11 Å². The van der Waals surface area contributed by atoms with Gasteiger partial charge < -0.3 is 10.4 Å². The lowest BCUT2D eigenvalue weighted by atomic mass is 9.98. The molecule has 0 aromatic heterocycles. The molecule has 2 unspecified atom stereocenters. The molecule has 0 heterocycles. The maximum atomic E-state index is 9.37. The molecule has 1 aliphatic rings. The van der Waals surface area contributed by atoms with Crippen LogP contribution in [0, 0.1) is 5.92 Å². The topological polar surface area (TPSA) is 32.3 Å². The maximum Gasteiger partial charge on any atom is 0.115 e. The lowest BCUT2D eigenvalue weighted by Gasteiger charge is -2.10. The van der Waals surface area contributed by atoms with Crippen molar-refractivity contribution in [3.05, 3.63) is 29.8 Å². The third-order valence-electron chi connectivity index (χ3n) is 3.38. The molecular weight excluding hydrogens is 186 g/mol. The Bertz CT molecular complexity index is 324. The van der Waals surface area contributed by atoms with Gasteiger partial charge in [0.1, 0.15) is 5.75 Å². The standard InChI is InChI=1S/C13H19NO/c1-14-12-6-5-11(8-12)7-10-3-2-4-13(15)9-10/h2-4,9,11-12,14-15H,5-8H2,1H3. The Labute approximate surface area is 91.3 Å². The zero-order valence-corrected chi connectivity index (χ0v) is 9.24. The Morgan fingerprint density at radius 1 is 1.40 bits per heavy atom. The van der Waals surface area contributed by atoms with Gasteiger partial charge in [0.2, 0.25) is 0 Å². The van der Waals surface area contributed by atoms with Crippen LogP contribution < -0.4 is 5.32 Å². The van der Waals surface area contributed by atoms with Gasteiger partial charge in [-0.3, -0.25) is 0 Å². The summed E-state index contributed by atoms with van der Waals surface area (Å²) >= 11 is 0. The molecule has 1 aliphatic carbocycles. The molecule has 2 N–H and O–H groups in total. The highest BCUT2D eigenvalue weighted by Crippen LogP contribution is 2.29. The Balaban J connectivity index is 1.92. The van der Waals surface area contributed by atoms with Crippen LogP contribution in [0.5, 0.6) is 5.75 Å². The average Bonchev–Trinajstić information content (AvgIpc) is 2.65. The summed E-state index contributed by atoms with van der Waals surface area (Å²) in [5, 5.41) is 12.7. The molecule has 15 heavy (non-hydrogen) atoms. The first-order chi connectivity index (χ1) is 7.28. The van der Waals surface area contributed by atoms with Gasteiger partial charge in [0.25, 0.3) is 0 Å². The van der Waals surface area contributed by atoms with Crippen LogP contribution in [0.1, 0.15) is 24.8 Å². The fraction of sp³-hybridized carbons (Fsp3) is 0.538. The molecular formula is C13H19NO. The second-order valence-corrected chi connectivity index (χ2v) is 4.54. The predicted octanol–water partition coefficient (Wildman–Crippen LogP) is 2.32. The molecule has 1 aromatic carbocycles. The number of phenolic OH excluding ortho intramolecular Hbond substituents is 1. The molecule has 1 saturated carbocycles. The van der Waals surface area contributed by atoms with Crippen molar-refractivity contribution in [1.82, 2.24) is 5.32 Å². The normalized spacial score (nSPS) is 25.7. The smallest absolute Gasteiger partial charge is 0.115 e. The largest absolute Gasteiger partial charge is 0.508 e. The van der Waals surface area contributed by atoms with Crippen molar-refractivity contribution in [1.29, 1.82) is 0 Å². The van der Waals surface area contributed by atoms with E-state index in [9.17, 15) is 5.11 Å². The highest BCUT2D eigenvalue weighted by molar-refractivity contribution is 5.27. The summed E-state index contributed by atoms with van der Waals surface area (Å²) in [6, 6.07) is 8.34. The van der Waals surface area contributed by atoms with E-state index in [1.807, 2.05) is 19.2 Å². The summed E-state index contributed by atoms with van der Waals surface area (Å²) < 4.78 is 0. The minimum absolute atomic E-state index is 0.385. The third kappa shape index (κ3) is 2.72. The van der Waals surface area contributed by atoms with Gasteiger partial charge in [-0.25, -0.2) is 0 Å². The number of hydrogen-bond donors (Lipinski definition) is 2. The van der Waals surface area contributed by atoms with Crippen LogP contribution in [0.15, 0.2) is 24.3 Å². The van der Waals surface area contributed by atoms with E-state index in [-0.39, 0.29) is 0 Å². The second kappa shape index (κ2) is 4.67. The van der Waals surface area contributed by atoms with Gasteiger partial charge in [0.15, 0.2) is 0 Å². The Morgan fingerprint density at radius 2 is 2.27 bits per heavy atom. The summed E-state index contributed by atoms with van der Waals surface area (Å²) in [6.07, 6.45) is 4.97. The van der Waals surface area contributed by atoms with Crippen LogP contribution in [-0.4, -0.2) is 18.2 Å². The molecule has 2 heteroatoms. The van der Waals surface area contributed by atoms with Crippen LogP contribution >= 0.6 is 0 Å². The number of nitrogens with one attached hydrogen (secondary N) is 1. The number of rotatable bonds is 3. The monoisotopic (exact) mass is 205 g/mol. The van der Waals surface area contributed by atoms with Gasteiger partial charge in [-0.1, -0.05) is 12.1 Å². The zero-order chi connectivity index (χ0) is 10.7. The van der Waals surface area contributed by atoms with Crippen molar-refractivity contribution in [3.8, 4) is 5.75 Å². The first kappa shape index (κ1) is 10.5. The molecule has 0 radical (unpaired) electrons. The quantitative estimate of drug-likeness (QED) is 0.793. The van der Waals surface area contributed by atoms with E-state index < -0.39 is 0 Å². The second-order valence-electron chi connectivity index (χ2n) is 4.54. The molecule has 82 valence electrons. The minimum atomic E-state index is 0.385. The molecule has 2 rings (SSSR count). The van der Waals surface area contributed by atoms with Crippen LogP contribution in [0.3, 0.4) is 0 Å². The van der Waals surface area contributed by atoms with Crippen molar-refractivity contribution in [3.63, 3.8) is 0 Å². The highest BCUT2D eigenvalue weighted by atomic mass is 16.3. The lowest BCUT2D eigenvalue weighted by molar-refractivity contribution is 0.471. The molecule has 0 saturated heterocycles. The number of aromatic hydroxyl groups is 1. The first-order valence-electron chi connectivity index (χ1n) is 5.73. The molecule has 1 fully saturated rings. The van der Waals surface area contributed by atoms with Crippen molar-refractivity contribution in [2.45, 2.75) is 31.7 Å². The molecule has 0 aliphatic heterocycles.